The summed E-state index contributed by atoms with van der Waals surface area (Å²) >= 11 is 0. The molecule has 0 aromatic heterocycles. The highest BCUT2D eigenvalue weighted by atomic mass is 16.6. The fraction of sp³-hybridized carbons (Fsp3) is 0. The fourth-order valence-corrected chi connectivity index (χ4v) is 2.27. The Labute approximate surface area is 132 Å². The molecule has 0 amide bonds. The molecule has 0 radical (unpaired) electrons. The number of carboxylic acid groups (broad SMARTS) is 2. The summed E-state index contributed by atoms with van der Waals surface area (Å²) in [5.41, 5.74) is -3.96. The second kappa shape index (κ2) is 6.12. The first-order chi connectivity index (χ1) is 11.3. The molecular weight excluding hydrogens is 324 g/mol. The molecule has 0 heterocycles. The molecule has 2 aromatic carbocycles. The second-order valence-electron chi connectivity index (χ2n) is 4.52. The first kappa shape index (κ1) is 16.5. The summed E-state index contributed by atoms with van der Waals surface area (Å²) in [6.45, 7) is 0. The van der Waals surface area contributed by atoms with Gasteiger partial charge in [0, 0.05) is 17.7 Å². The number of nitro groups is 2. The van der Waals surface area contributed by atoms with Crippen LogP contribution < -0.4 is 0 Å². The Bertz CT molecular complexity index is 752. The van der Waals surface area contributed by atoms with Crippen LogP contribution in [0.4, 0.5) is 11.4 Å². The molecule has 0 unspecified atom stereocenters. The number of hydrogen-bond acceptors (Lipinski definition) is 6. The van der Waals surface area contributed by atoms with Crippen LogP contribution in [0.15, 0.2) is 36.4 Å². The summed E-state index contributed by atoms with van der Waals surface area (Å²) in [6, 6.07) is 6.11. The summed E-state index contributed by atoms with van der Waals surface area (Å²) in [7, 11) is 0. The maximum absolute atomic E-state index is 11.4. The van der Waals surface area contributed by atoms with Crippen molar-refractivity contribution in [1.82, 2.24) is 0 Å². The number of nitrogens with zero attached hydrogens (tertiary/aromatic N) is 2. The minimum atomic E-state index is -1.57. The Kier molecular flexibility index (Phi) is 4.22. The number of carbonyl (C=O) groups is 2. The first-order valence-corrected chi connectivity index (χ1v) is 6.27. The third-order valence-electron chi connectivity index (χ3n) is 3.19. The molecule has 0 fully saturated rings. The van der Waals surface area contributed by atoms with Crippen LogP contribution in [0.2, 0.25) is 0 Å². The molecule has 0 aliphatic heterocycles. The first-order valence-electron chi connectivity index (χ1n) is 6.27. The second-order valence-corrected chi connectivity index (χ2v) is 4.52. The number of nitro benzene ring substituents is 2. The van der Waals surface area contributed by atoms with Gasteiger partial charge in [0.2, 0.25) is 0 Å². The molecule has 0 saturated carbocycles. The lowest BCUT2D eigenvalue weighted by molar-refractivity contribution is -0.392. The number of hydrogen-bond donors (Lipinski definition) is 2. The fourth-order valence-electron chi connectivity index (χ4n) is 2.27. The van der Waals surface area contributed by atoms with Gasteiger partial charge in [-0.1, -0.05) is 6.07 Å². The summed E-state index contributed by atoms with van der Waals surface area (Å²) in [5, 5.41) is 41.0. The summed E-state index contributed by atoms with van der Waals surface area (Å²) in [5.74, 6) is -3.14. The van der Waals surface area contributed by atoms with Gasteiger partial charge in [-0.2, -0.15) is 0 Å². The highest BCUT2D eigenvalue weighted by Crippen LogP contribution is 2.41. The standard InChI is InChI=1S/C14H8N2O8/c17-13(18)7-3-1-4-8(14(19)20)11(7)12-9(15(21)22)5-2-6-10(12)16(23)24/h1-6H,(H,17,18)(H,19,20). The van der Waals surface area contributed by atoms with Crippen LogP contribution in [0.1, 0.15) is 20.7 Å². The van der Waals surface area contributed by atoms with E-state index in [-0.39, 0.29) is 0 Å². The van der Waals surface area contributed by atoms with Gasteiger partial charge in [0.05, 0.1) is 21.0 Å². The van der Waals surface area contributed by atoms with Gasteiger partial charge in [-0.25, -0.2) is 9.59 Å². The minimum Gasteiger partial charge on any atom is -0.478 e. The molecule has 2 N–H and O–H groups in total. The van der Waals surface area contributed by atoms with E-state index in [0.717, 1.165) is 36.4 Å². The smallest absolute Gasteiger partial charge is 0.336 e. The van der Waals surface area contributed by atoms with Crippen molar-refractivity contribution < 1.29 is 29.6 Å². The maximum Gasteiger partial charge on any atom is 0.336 e. The van der Waals surface area contributed by atoms with E-state index in [0.29, 0.717) is 0 Å². The zero-order chi connectivity index (χ0) is 18.0. The van der Waals surface area contributed by atoms with Crippen molar-refractivity contribution in [2.45, 2.75) is 0 Å². The molecule has 0 spiro atoms. The Balaban J connectivity index is 3.06. The van der Waals surface area contributed by atoms with E-state index in [1.54, 1.807) is 0 Å². The quantitative estimate of drug-likeness (QED) is 0.623. The van der Waals surface area contributed by atoms with Crippen LogP contribution in [0.5, 0.6) is 0 Å². The van der Waals surface area contributed by atoms with Crippen molar-refractivity contribution in [2.75, 3.05) is 0 Å². The Morgan fingerprint density at radius 3 is 1.46 bits per heavy atom. The molecule has 24 heavy (non-hydrogen) atoms. The largest absolute Gasteiger partial charge is 0.478 e. The molecule has 0 bridgehead atoms. The summed E-state index contributed by atoms with van der Waals surface area (Å²) < 4.78 is 0. The van der Waals surface area contributed by atoms with Gasteiger partial charge in [-0.05, 0) is 18.2 Å². The summed E-state index contributed by atoms with van der Waals surface area (Å²) in [6.07, 6.45) is 0. The van der Waals surface area contributed by atoms with E-state index in [4.69, 9.17) is 0 Å². The highest BCUT2D eigenvalue weighted by molar-refractivity contribution is 6.07. The number of rotatable bonds is 5. The molecular formula is C14H8N2O8. The third kappa shape index (κ3) is 2.75. The van der Waals surface area contributed by atoms with Crippen molar-refractivity contribution >= 4 is 23.3 Å². The van der Waals surface area contributed by atoms with E-state index in [1.807, 2.05) is 0 Å². The number of carboxylic acids is 2. The highest BCUT2D eigenvalue weighted by Gasteiger charge is 2.32. The third-order valence-corrected chi connectivity index (χ3v) is 3.19. The van der Waals surface area contributed by atoms with Crippen LogP contribution in [0, 0.1) is 20.2 Å². The Morgan fingerprint density at radius 1 is 0.750 bits per heavy atom. The zero-order valence-corrected chi connectivity index (χ0v) is 11.7. The van der Waals surface area contributed by atoms with Crippen LogP contribution in [-0.4, -0.2) is 32.0 Å². The monoisotopic (exact) mass is 332 g/mol. The zero-order valence-electron chi connectivity index (χ0n) is 11.7. The molecule has 2 rings (SSSR count). The van der Waals surface area contributed by atoms with Crippen LogP contribution in [0.25, 0.3) is 11.1 Å². The normalized spacial score (nSPS) is 10.2. The van der Waals surface area contributed by atoms with Crippen LogP contribution in [0.3, 0.4) is 0 Å². The summed E-state index contributed by atoms with van der Waals surface area (Å²) in [4.78, 5) is 43.4. The predicted octanol–water partition coefficient (Wildman–Crippen LogP) is 2.57. The van der Waals surface area contributed by atoms with E-state index in [2.05, 4.69) is 0 Å². The van der Waals surface area contributed by atoms with Crippen LogP contribution >= 0.6 is 0 Å². The average Bonchev–Trinajstić information content (AvgIpc) is 2.52. The SMILES string of the molecule is O=C(O)c1cccc(C(=O)O)c1-c1c([N+](=O)[O-])cccc1[N+](=O)[O-]. The van der Waals surface area contributed by atoms with Crippen molar-refractivity contribution in [3.8, 4) is 11.1 Å². The van der Waals surface area contributed by atoms with E-state index in [9.17, 15) is 40.0 Å². The van der Waals surface area contributed by atoms with Crippen molar-refractivity contribution in [1.29, 1.82) is 0 Å². The van der Waals surface area contributed by atoms with Crippen LogP contribution in [-0.2, 0) is 0 Å². The number of benzene rings is 2. The van der Waals surface area contributed by atoms with E-state index in [1.165, 1.54) is 0 Å². The Morgan fingerprint density at radius 2 is 1.12 bits per heavy atom. The molecule has 0 aliphatic carbocycles. The van der Waals surface area contributed by atoms with E-state index < -0.39 is 55.4 Å². The van der Waals surface area contributed by atoms with Crippen molar-refractivity contribution in [3.63, 3.8) is 0 Å². The topological polar surface area (TPSA) is 161 Å². The molecule has 2 aromatic rings. The minimum absolute atomic E-state index is 0.587. The lowest BCUT2D eigenvalue weighted by Gasteiger charge is -2.11. The molecule has 0 atom stereocenters. The van der Waals surface area contributed by atoms with Crippen molar-refractivity contribution in [2.24, 2.45) is 0 Å². The van der Waals surface area contributed by atoms with Gasteiger partial charge in [-0.3, -0.25) is 20.2 Å². The van der Waals surface area contributed by atoms with Gasteiger partial charge >= 0.3 is 11.9 Å². The van der Waals surface area contributed by atoms with Gasteiger partial charge in [0.15, 0.2) is 0 Å². The van der Waals surface area contributed by atoms with Crippen molar-refractivity contribution in [3.05, 3.63) is 67.8 Å². The number of aromatic carboxylic acids is 2. The molecule has 10 nitrogen and oxygen atoms in total. The van der Waals surface area contributed by atoms with E-state index >= 15 is 0 Å². The molecule has 0 saturated heterocycles. The predicted molar refractivity (Wildman–Crippen MR) is 79.1 cm³/mol. The van der Waals surface area contributed by atoms with Gasteiger partial charge in [0.1, 0.15) is 5.56 Å². The van der Waals surface area contributed by atoms with Gasteiger partial charge in [-0.15, -0.1) is 0 Å². The molecule has 122 valence electrons. The lowest BCUT2D eigenvalue weighted by atomic mass is 9.92. The van der Waals surface area contributed by atoms with Gasteiger partial charge < -0.3 is 10.2 Å². The lowest BCUT2D eigenvalue weighted by Crippen LogP contribution is -2.09. The molecule has 10 heteroatoms. The maximum atomic E-state index is 11.4. The molecule has 0 aliphatic rings. The average molecular weight is 332 g/mol. The van der Waals surface area contributed by atoms with Gasteiger partial charge in [0.25, 0.3) is 11.4 Å². The Hall–Kier alpha value is -3.82.